The van der Waals surface area contributed by atoms with Gasteiger partial charge in [-0.25, -0.2) is 8.42 Å². The topological polar surface area (TPSA) is 105 Å². The van der Waals surface area contributed by atoms with E-state index >= 15 is 0 Å². The van der Waals surface area contributed by atoms with Gasteiger partial charge in [0.2, 0.25) is 10.0 Å². The van der Waals surface area contributed by atoms with Gasteiger partial charge in [-0.05, 0) is 37.1 Å². The molecule has 1 aliphatic heterocycles. The molecule has 1 amide bonds. The van der Waals surface area contributed by atoms with Gasteiger partial charge >= 0.3 is 0 Å². The fourth-order valence-corrected chi connectivity index (χ4v) is 4.59. The van der Waals surface area contributed by atoms with Crippen LogP contribution in [0.2, 0.25) is 0 Å². The van der Waals surface area contributed by atoms with Crippen LogP contribution in [0.15, 0.2) is 29.2 Å². The van der Waals surface area contributed by atoms with E-state index in [2.05, 4.69) is 0 Å². The average molecular weight is 388 g/mol. The van der Waals surface area contributed by atoms with Crippen LogP contribution in [0.5, 0.6) is 0 Å². The van der Waals surface area contributed by atoms with Crippen LogP contribution in [0.4, 0.5) is 0 Å². The zero-order valence-electron chi connectivity index (χ0n) is 15.3. The first-order valence-electron chi connectivity index (χ1n) is 9.14. The molecule has 27 heavy (non-hydrogen) atoms. The minimum absolute atomic E-state index is 0.179. The Morgan fingerprint density at radius 3 is 1.96 bits per heavy atom. The first-order chi connectivity index (χ1) is 13.0. The van der Waals surface area contributed by atoms with Gasteiger partial charge in [0.1, 0.15) is 0 Å². The second kappa shape index (κ2) is 10.1. The zero-order chi connectivity index (χ0) is 19.7. The summed E-state index contributed by atoms with van der Waals surface area (Å²) in [5, 5.41) is 17.5. The van der Waals surface area contributed by atoms with Crippen LogP contribution in [0.3, 0.4) is 0 Å². The van der Waals surface area contributed by atoms with Crippen molar-refractivity contribution in [3.63, 3.8) is 0 Å². The van der Waals surface area contributed by atoms with Gasteiger partial charge in [-0.2, -0.15) is 14.8 Å². The highest BCUT2D eigenvalue weighted by atomic mass is 32.2. The summed E-state index contributed by atoms with van der Waals surface area (Å²) in [5.41, 5.74) is 0.348. The lowest BCUT2D eigenvalue weighted by molar-refractivity contribution is 0.0762. The minimum Gasteiger partial charge on any atom is -0.337 e. The highest BCUT2D eigenvalue weighted by molar-refractivity contribution is 7.89. The van der Waals surface area contributed by atoms with Crippen molar-refractivity contribution in [3.8, 4) is 12.1 Å². The van der Waals surface area contributed by atoms with Crippen LogP contribution in [-0.2, 0) is 10.0 Å². The van der Waals surface area contributed by atoms with Crippen molar-refractivity contribution in [2.45, 2.75) is 43.4 Å². The van der Waals surface area contributed by atoms with Crippen molar-refractivity contribution >= 4 is 15.9 Å². The molecule has 1 aromatic carbocycles. The first kappa shape index (κ1) is 20.9. The van der Waals surface area contributed by atoms with Crippen molar-refractivity contribution < 1.29 is 13.2 Å². The van der Waals surface area contributed by atoms with E-state index < -0.39 is 10.0 Å². The number of nitriles is 2. The number of sulfonamides is 1. The van der Waals surface area contributed by atoms with E-state index in [-0.39, 0.29) is 36.7 Å². The van der Waals surface area contributed by atoms with Crippen LogP contribution in [0.1, 0.15) is 48.9 Å². The summed E-state index contributed by atoms with van der Waals surface area (Å²) in [6.07, 6.45) is 4.17. The van der Waals surface area contributed by atoms with Crippen LogP contribution in [-0.4, -0.2) is 49.7 Å². The lowest BCUT2D eigenvalue weighted by Crippen LogP contribution is -2.33. The highest BCUT2D eigenvalue weighted by Crippen LogP contribution is 2.21. The molecule has 0 unspecified atom stereocenters. The van der Waals surface area contributed by atoms with E-state index in [9.17, 15) is 13.2 Å². The normalized spacial score (nSPS) is 15.3. The van der Waals surface area contributed by atoms with Crippen LogP contribution in [0, 0.1) is 22.7 Å². The quantitative estimate of drug-likeness (QED) is 0.713. The summed E-state index contributed by atoms with van der Waals surface area (Å²) >= 11 is 0. The largest absolute Gasteiger partial charge is 0.337 e. The standard InChI is InChI=1S/C19H24N4O3S/c20-11-5-13-22(14-6-12-21)19(24)17-7-9-18(10-8-17)27(25,26)23-15-3-1-2-4-16-23/h7-10H,1-6,13-16H2. The Bertz CT molecular complexity index is 796. The number of rotatable bonds is 7. The predicted octanol–water partition coefficient (Wildman–Crippen LogP) is 2.52. The third-order valence-electron chi connectivity index (χ3n) is 4.58. The first-order valence-corrected chi connectivity index (χ1v) is 10.6. The number of carbonyl (C=O) groups excluding carboxylic acids is 1. The van der Waals surface area contributed by atoms with Gasteiger partial charge in [-0.1, -0.05) is 12.8 Å². The van der Waals surface area contributed by atoms with Crippen LogP contribution < -0.4 is 0 Å². The Labute approximate surface area is 160 Å². The Morgan fingerprint density at radius 1 is 0.963 bits per heavy atom. The number of nitrogens with zero attached hydrogens (tertiary/aromatic N) is 4. The molecule has 7 nitrogen and oxygen atoms in total. The summed E-state index contributed by atoms with van der Waals surface area (Å²) in [4.78, 5) is 14.2. The lowest BCUT2D eigenvalue weighted by Gasteiger charge is -2.21. The summed E-state index contributed by atoms with van der Waals surface area (Å²) in [6.45, 7) is 1.54. The van der Waals surface area contributed by atoms with Crippen molar-refractivity contribution in [1.29, 1.82) is 10.5 Å². The Kier molecular flexibility index (Phi) is 7.78. The maximum Gasteiger partial charge on any atom is 0.253 e. The predicted molar refractivity (Wildman–Crippen MR) is 100 cm³/mol. The fraction of sp³-hybridized carbons (Fsp3) is 0.526. The zero-order valence-corrected chi connectivity index (χ0v) is 16.1. The molecular weight excluding hydrogens is 364 g/mol. The van der Waals surface area contributed by atoms with E-state index in [1.807, 2.05) is 12.1 Å². The lowest BCUT2D eigenvalue weighted by atomic mass is 10.2. The van der Waals surface area contributed by atoms with Crippen molar-refractivity contribution in [1.82, 2.24) is 9.21 Å². The molecule has 0 N–H and O–H groups in total. The maximum atomic E-state index is 12.8. The van der Waals surface area contributed by atoms with E-state index in [1.165, 1.54) is 33.5 Å². The van der Waals surface area contributed by atoms with Crippen molar-refractivity contribution in [2.75, 3.05) is 26.2 Å². The number of amides is 1. The van der Waals surface area contributed by atoms with Gasteiger partial charge in [0.05, 0.1) is 29.9 Å². The van der Waals surface area contributed by atoms with Gasteiger partial charge in [-0.3, -0.25) is 4.79 Å². The molecule has 0 bridgehead atoms. The van der Waals surface area contributed by atoms with Gasteiger partial charge in [0.15, 0.2) is 0 Å². The molecule has 1 aromatic rings. The maximum absolute atomic E-state index is 12.8. The molecule has 2 rings (SSSR count). The Balaban J connectivity index is 2.16. The van der Waals surface area contributed by atoms with Crippen LogP contribution >= 0.6 is 0 Å². The molecular formula is C19H24N4O3S. The average Bonchev–Trinajstić information content (AvgIpc) is 2.98. The molecule has 0 radical (unpaired) electrons. The molecule has 8 heteroatoms. The molecule has 0 atom stereocenters. The summed E-state index contributed by atoms with van der Waals surface area (Å²) in [6, 6.07) is 9.89. The molecule has 0 saturated carbocycles. The molecule has 1 saturated heterocycles. The number of benzene rings is 1. The summed E-state index contributed by atoms with van der Waals surface area (Å²) in [5.74, 6) is -0.306. The van der Waals surface area contributed by atoms with E-state index in [1.54, 1.807) is 0 Å². The van der Waals surface area contributed by atoms with Gasteiger partial charge in [0, 0.05) is 31.7 Å². The van der Waals surface area contributed by atoms with Crippen LogP contribution in [0.25, 0.3) is 0 Å². The molecule has 1 aliphatic rings. The summed E-state index contributed by atoms with van der Waals surface area (Å²) in [7, 11) is -3.55. The SMILES string of the molecule is N#CCCN(CCC#N)C(=O)c1ccc(S(=O)(=O)N2CCCCCC2)cc1. The Hall–Kier alpha value is -2.42. The monoisotopic (exact) mass is 388 g/mol. The number of hydrogen-bond donors (Lipinski definition) is 0. The van der Waals surface area contributed by atoms with E-state index in [4.69, 9.17) is 10.5 Å². The Morgan fingerprint density at radius 2 is 1.48 bits per heavy atom. The fourth-order valence-electron chi connectivity index (χ4n) is 3.07. The van der Waals surface area contributed by atoms with Gasteiger partial charge in [0.25, 0.3) is 5.91 Å². The van der Waals surface area contributed by atoms with E-state index in [0.29, 0.717) is 18.7 Å². The molecule has 1 heterocycles. The molecule has 0 aromatic heterocycles. The molecule has 144 valence electrons. The molecule has 0 spiro atoms. The molecule has 0 aliphatic carbocycles. The second-order valence-corrected chi connectivity index (χ2v) is 8.39. The van der Waals surface area contributed by atoms with Crippen molar-refractivity contribution in [3.05, 3.63) is 29.8 Å². The number of hydrogen-bond acceptors (Lipinski definition) is 5. The smallest absolute Gasteiger partial charge is 0.253 e. The summed E-state index contributed by atoms with van der Waals surface area (Å²) < 4.78 is 27.1. The highest BCUT2D eigenvalue weighted by Gasteiger charge is 2.25. The van der Waals surface area contributed by atoms with Gasteiger partial charge < -0.3 is 4.90 Å². The molecule has 1 fully saturated rings. The minimum atomic E-state index is -3.55. The third kappa shape index (κ3) is 5.53. The second-order valence-electron chi connectivity index (χ2n) is 6.45. The van der Waals surface area contributed by atoms with E-state index in [0.717, 1.165) is 25.7 Å². The van der Waals surface area contributed by atoms with Gasteiger partial charge in [-0.15, -0.1) is 0 Å². The van der Waals surface area contributed by atoms with Crippen molar-refractivity contribution in [2.24, 2.45) is 0 Å². The number of carbonyl (C=O) groups is 1. The third-order valence-corrected chi connectivity index (χ3v) is 6.49.